The van der Waals surface area contributed by atoms with Gasteiger partial charge >= 0.3 is 0 Å². The van der Waals surface area contributed by atoms with Gasteiger partial charge in [-0.15, -0.1) is 0 Å². The number of carbonyl (C=O) groups excluding carboxylic acids is 1. The van der Waals surface area contributed by atoms with Crippen LogP contribution in [0.1, 0.15) is 16.8 Å². The van der Waals surface area contributed by atoms with Gasteiger partial charge in [-0.25, -0.2) is 4.98 Å². The maximum Gasteiger partial charge on any atom is 0.255 e. The van der Waals surface area contributed by atoms with Crippen LogP contribution in [0.4, 0.5) is 5.69 Å². The topological polar surface area (TPSA) is 86.2 Å². The Morgan fingerprint density at radius 2 is 2.29 bits per heavy atom. The van der Waals surface area contributed by atoms with Gasteiger partial charge in [0.05, 0.1) is 30.6 Å². The molecule has 1 aromatic carbocycles. The van der Waals surface area contributed by atoms with E-state index >= 15 is 0 Å². The summed E-state index contributed by atoms with van der Waals surface area (Å²) in [7, 11) is 0. The molecule has 1 amide bonds. The summed E-state index contributed by atoms with van der Waals surface area (Å²) in [4.78, 5) is 16.7. The summed E-state index contributed by atoms with van der Waals surface area (Å²) >= 11 is 1.12. The van der Waals surface area contributed by atoms with E-state index in [2.05, 4.69) is 19.0 Å². The first kappa shape index (κ1) is 15.0. The van der Waals surface area contributed by atoms with E-state index in [1.165, 1.54) is 0 Å². The Labute approximate surface area is 142 Å². The van der Waals surface area contributed by atoms with Crippen LogP contribution in [-0.4, -0.2) is 39.0 Å². The number of hydrogen-bond donors (Lipinski definition) is 1. The van der Waals surface area contributed by atoms with Crippen LogP contribution in [0, 0.1) is 0 Å². The number of nitrogens with one attached hydrogen (secondary N) is 1. The number of hydrogen-bond acceptors (Lipinski definition) is 7. The third-order valence-electron chi connectivity index (χ3n) is 3.71. The Kier molecular flexibility index (Phi) is 4.06. The molecule has 3 aromatic rings. The number of ether oxygens (including phenoxy) is 2. The number of amides is 1. The fourth-order valence-corrected chi connectivity index (χ4v) is 3.04. The zero-order chi connectivity index (χ0) is 16.4. The zero-order valence-corrected chi connectivity index (χ0v) is 13.5. The lowest BCUT2D eigenvalue weighted by Gasteiger charge is -2.11. The lowest BCUT2D eigenvalue weighted by Crippen LogP contribution is -2.17. The molecule has 3 heterocycles. The van der Waals surface area contributed by atoms with Crippen LogP contribution < -0.4 is 10.1 Å². The summed E-state index contributed by atoms with van der Waals surface area (Å²) in [5.74, 6) is 0.178. The monoisotopic (exact) mass is 342 g/mol. The Balaban J connectivity index is 1.52. The van der Waals surface area contributed by atoms with E-state index in [0.717, 1.165) is 23.7 Å². The van der Waals surface area contributed by atoms with Gasteiger partial charge in [-0.2, -0.15) is 8.75 Å². The standard InChI is InChI=1S/C16H14N4O3S/c21-16(18-12-2-1-3-13-15(12)20-24-19-13)10-4-6-17-14(8-10)23-11-5-7-22-9-11/h1-4,6,8,11H,5,7,9H2,(H,18,21)/t11-/m1/s1. The first-order valence-electron chi connectivity index (χ1n) is 7.53. The molecule has 1 aliphatic rings. The minimum absolute atomic E-state index is 0.00867. The Morgan fingerprint density at radius 3 is 3.17 bits per heavy atom. The van der Waals surface area contributed by atoms with Gasteiger partial charge in [0.15, 0.2) is 0 Å². The second-order valence-corrected chi connectivity index (χ2v) is 5.91. The number of pyridine rings is 1. The van der Waals surface area contributed by atoms with Crippen LogP contribution in [0.2, 0.25) is 0 Å². The molecule has 0 radical (unpaired) electrons. The third-order valence-corrected chi connectivity index (χ3v) is 4.25. The largest absolute Gasteiger partial charge is 0.472 e. The first-order chi connectivity index (χ1) is 11.8. The van der Waals surface area contributed by atoms with Crippen molar-refractivity contribution in [3.63, 3.8) is 0 Å². The van der Waals surface area contributed by atoms with Crippen LogP contribution in [-0.2, 0) is 4.74 Å². The lowest BCUT2D eigenvalue weighted by molar-refractivity contribution is 0.102. The molecule has 4 rings (SSSR count). The van der Waals surface area contributed by atoms with Gasteiger partial charge in [0.2, 0.25) is 5.88 Å². The summed E-state index contributed by atoms with van der Waals surface area (Å²) in [5.41, 5.74) is 2.55. The predicted molar refractivity (Wildman–Crippen MR) is 89.5 cm³/mol. The molecular weight excluding hydrogens is 328 g/mol. The number of rotatable bonds is 4. The van der Waals surface area contributed by atoms with Crippen LogP contribution >= 0.6 is 11.7 Å². The van der Waals surface area contributed by atoms with Crippen molar-refractivity contribution in [3.8, 4) is 5.88 Å². The van der Waals surface area contributed by atoms with E-state index in [1.807, 2.05) is 12.1 Å². The lowest BCUT2D eigenvalue weighted by atomic mass is 10.2. The van der Waals surface area contributed by atoms with Crippen molar-refractivity contribution in [3.05, 3.63) is 42.1 Å². The van der Waals surface area contributed by atoms with Gasteiger partial charge in [-0.3, -0.25) is 4.79 Å². The van der Waals surface area contributed by atoms with Crippen molar-refractivity contribution in [1.82, 2.24) is 13.7 Å². The summed E-state index contributed by atoms with van der Waals surface area (Å²) < 4.78 is 19.4. The Morgan fingerprint density at radius 1 is 1.33 bits per heavy atom. The maximum atomic E-state index is 12.5. The Bertz CT molecular complexity index is 876. The molecule has 1 aliphatic heterocycles. The van der Waals surface area contributed by atoms with Gasteiger partial charge in [0, 0.05) is 24.2 Å². The summed E-state index contributed by atoms with van der Waals surface area (Å²) in [6, 6.07) is 8.77. The van der Waals surface area contributed by atoms with Crippen LogP contribution in [0.3, 0.4) is 0 Å². The zero-order valence-electron chi connectivity index (χ0n) is 12.6. The fourth-order valence-electron chi connectivity index (χ4n) is 2.49. The van der Waals surface area contributed by atoms with Crippen LogP contribution in [0.15, 0.2) is 36.5 Å². The molecule has 1 N–H and O–H groups in total. The predicted octanol–water partition coefficient (Wildman–Crippen LogP) is 2.51. The van der Waals surface area contributed by atoms with Gasteiger partial charge in [-0.05, 0) is 18.2 Å². The average Bonchev–Trinajstić information content (AvgIpc) is 3.27. The second-order valence-electron chi connectivity index (χ2n) is 5.38. The number of benzene rings is 1. The summed E-state index contributed by atoms with van der Waals surface area (Å²) in [6.07, 6.45) is 2.38. The number of anilines is 1. The highest BCUT2D eigenvalue weighted by Gasteiger charge is 2.18. The second kappa shape index (κ2) is 6.50. The van der Waals surface area contributed by atoms with E-state index in [0.29, 0.717) is 35.9 Å². The molecule has 0 unspecified atom stereocenters. The third kappa shape index (κ3) is 3.06. The summed E-state index contributed by atoms with van der Waals surface area (Å²) in [5, 5.41) is 2.87. The van der Waals surface area contributed by atoms with E-state index < -0.39 is 0 Å². The van der Waals surface area contributed by atoms with Crippen molar-refractivity contribution in [2.75, 3.05) is 18.5 Å². The summed E-state index contributed by atoms with van der Waals surface area (Å²) in [6.45, 7) is 1.24. The first-order valence-corrected chi connectivity index (χ1v) is 8.26. The molecule has 2 aromatic heterocycles. The number of fused-ring (bicyclic) bond motifs is 1. The minimum atomic E-state index is -0.245. The smallest absolute Gasteiger partial charge is 0.255 e. The fraction of sp³-hybridized carbons (Fsp3) is 0.250. The average molecular weight is 342 g/mol. The van der Waals surface area contributed by atoms with Gasteiger partial charge in [0.25, 0.3) is 5.91 Å². The number of nitrogens with zero attached hydrogens (tertiary/aromatic N) is 3. The van der Waals surface area contributed by atoms with E-state index in [-0.39, 0.29) is 12.0 Å². The maximum absolute atomic E-state index is 12.5. The molecule has 24 heavy (non-hydrogen) atoms. The van der Waals surface area contributed by atoms with Gasteiger partial charge in [0.1, 0.15) is 17.1 Å². The molecule has 1 fully saturated rings. The van der Waals surface area contributed by atoms with Crippen molar-refractivity contribution in [2.45, 2.75) is 12.5 Å². The molecule has 0 bridgehead atoms. The van der Waals surface area contributed by atoms with E-state index in [4.69, 9.17) is 9.47 Å². The molecule has 0 spiro atoms. The molecule has 8 heteroatoms. The normalized spacial score (nSPS) is 17.1. The molecule has 7 nitrogen and oxygen atoms in total. The van der Waals surface area contributed by atoms with Crippen molar-refractivity contribution in [2.24, 2.45) is 0 Å². The Hall–Kier alpha value is -2.58. The van der Waals surface area contributed by atoms with Crippen molar-refractivity contribution >= 4 is 34.4 Å². The van der Waals surface area contributed by atoms with Crippen LogP contribution in [0.5, 0.6) is 5.88 Å². The number of carbonyl (C=O) groups is 1. The highest BCUT2D eigenvalue weighted by atomic mass is 32.1. The van der Waals surface area contributed by atoms with Crippen LogP contribution in [0.25, 0.3) is 11.0 Å². The highest BCUT2D eigenvalue weighted by Crippen LogP contribution is 2.22. The van der Waals surface area contributed by atoms with Crippen molar-refractivity contribution in [1.29, 1.82) is 0 Å². The SMILES string of the molecule is O=C(Nc1cccc2nsnc12)c1ccnc(O[C@@H]2CCOC2)c1. The van der Waals surface area contributed by atoms with Gasteiger partial charge in [-0.1, -0.05) is 6.07 Å². The molecule has 0 aliphatic carbocycles. The molecule has 122 valence electrons. The molecule has 1 saturated heterocycles. The molecule has 1 atom stereocenters. The molecular formula is C16H14N4O3S. The van der Waals surface area contributed by atoms with E-state index in [1.54, 1.807) is 24.4 Å². The quantitative estimate of drug-likeness (QED) is 0.784. The molecule has 0 saturated carbocycles. The number of aromatic nitrogens is 3. The van der Waals surface area contributed by atoms with E-state index in [9.17, 15) is 4.79 Å². The minimum Gasteiger partial charge on any atom is -0.472 e. The van der Waals surface area contributed by atoms with Crippen molar-refractivity contribution < 1.29 is 14.3 Å². The van der Waals surface area contributed by atoms with Gasteiger partial charge < -0.3 is 14.8 Å². The highest BCUT2D eigenvalue weighted by molar-refractivity contribution is 7.00.